The van der Waals surface area contributed by atoms with Crippen LogP contribution in [-0.4, -0.2) is 31.1 Å². The van der Waals surface area contributed by atoms with E-state index in [1.807, 2.05) is 13.0 Å². The Balaban J connectivity index is 3.24. The summed E-state index contributed by atoms with van der Waals surface area (Å²) in [5, 5.41) is 0. The maximum absolute atomic E-state index is 5.60. The molecule has 0 aromatic rings. The molecule has 2 nitrogen and oxygen atoms in total. The first kappa shape index (κ1) is 9.66. The van der Waals surface area contributed by atoms with E-state index in [0.29, 0.717) is 0 Å². The minimum Gasteiger partial charge on any atom is -0.327 e. The Bertz CT molecular complexity index is 89.3. The molecule has 0 fully saturated rings. The third-order valence-electron chi connectivity index (χ3n) is 1.31. The Morgan fingerprint density at radius 2 is 2.30 bits per heavy atom. The van der Waals surface area contributed by atoms with Crippen LogP contribution in [0.2, 0.25) is 0 Å². The summed E-state index contributed by atoms with van der Waals surface area (Å²) in [7, 11) is 2.08. The molecule has 10 heavy (non-hydrogen) atoms. The fourth-order valence-corrected chi connectivity index (χ4v) is 0.895. The molecule has 2 heteroatoms. The molecule has 0 heterocycles. The molecular weight excluding hydrogens is 124 g/mol. The van der Waals surface area contributed by atoms with Gasteiger partial charge < -0.3 is 10.6 Å². The standard InChI is InChI=1S/C8H18N2/c1-4-5-6-10(3)7-8(2)9/h4,8H,1,5-7,9H2,2-3H3/t8-/m0/s1. The zero-order valence-electron chi connectivity index (χ0n) is 7.01. The summed E-state index contributed by atoms with van der Waals surface area (Å²) in [5.41, 5.74) is 5.60. The van der Waals surface area contributed by atoms with Crippen LogP contribution < -0.4 is 5.73 Å². The van der Waals surface area contributed by atoms with E-state index in [2.05, 4.69) is 18.5 Å². The molecule has 0 aliphatic rings. The van der Waals surface area contributed by atoms with E-state index in [1.165, 1.54) is 0 Å². The number of nitrogens with zero attached hydrogens (tertiary/aromatic N) is 1. The van der Waals surface area contributed by atoms with E-state index < -0.39 is 0 Å². The summed E-state index contributed by atoms with van der Waals surface area (Å²) in [4.78, 5) is 2.21. The number of hydrogen-bond acceptors (Lipinski definition) is 2. The smallest absolute Gasteiger partial charge is 0.0139 e. The van der Waals surface area contributed by atoms with E-state index in [4.69, 9.17) is 5.73 Å². The molecule has 60 valence electrons. The predicted molar refractivity (Wildman–Crippen MR) is 46.0 cm³/mol. The fourth-order valence-electron chi connectivity index (χ4n) is 0.895. The van der Waals surface area contributed by atoms with Crippen molar-refractivity contribution in [1.29, 1.82) is 0 Å². The Morgan fingerprint density at radius 3 is 2.70 bits per heavy atom. The Labute approximate surface area is 63.7 Å². The van der Waals surface area contributed by atoms with Crippen LogP contribution in [0.3, 0.4) is 0 Å². The third kappa shape index (κ3) is 5.79. The van der Waals surface area contributed by atoms with Crippen molar-refractivity contribution in [3.63, 3.8) is 0 Å². The second-order valence-electron chi connectivity index (χ2n) is 2.82. The Kier molecular flexibility index (Phi) is 5.26. The van der Waals surface area contributed by atoms with E-state index in [-0.39, 0.29) is 6.04 Å². The van der Waals surface area contributed by atoms with Crippen LogP contribution >= 0.6 is 0 Å². The van der Waals surface area contributed by atoms with Crippen molar-refractivity contribution in [3.05, 3.63) is 12.7 Å². The molecule has 0 unspecified atom stereocenters. The van der Waals surface area contributed by atoms with Gasteiger partial charge >= 0.3 is 0 Å². The van der Waals surface area contributed by atoms with Gasteiger partial charge in [0, 0.05) is 19.1 Å². The number of hydrogen-bond donors (Lipinski definition) is 1. The van der Waals surface area contributed by atoms with Gasteiger partial charge in [-0.3, -0.25) is 0 Å². The normalized spacial score (nSPS) is 13.6. The van der Waals surface area contributed by atoms with Gasteiger partial charge in [0.2, 0.25) is 0 Å². The summed E-state index contributed by atoms with van der Waals surface area (Å²) in [5.74, 6) is 0. The molecule has 0 bridgehead atoms. The topological polar surface area (TPSA) is 29.3 Å². The van der Waals surface area contributed by atoms with Crippen molar-refractivity contribution in [3.8, 4) is 0 Å². The number of likely N-dealkylation sites (N-methyl/N-ethyl adjacent to an activating group) is 1. The van der Waals surface area contributed by atoms with Crippen LogP contribution in [0.4, 0.5) is 0 Å². The van der Waals surface area contributed by atoms with Crippen molar-refractivity contribution in [2.24, 2.45) is 5.73 Å². The lowest BCUT2D eigenvalue weighted by Crippen LogP contribution is -2.33. The predicted octanol–water partition coefficient (Wildman–Crippen LogP) is 0.841. The van der Waals surface area contributed by atoms with Crippen LogP contribution in [0.1, 0.15) is 13.3 Å². The van der Waals surface area contributed by atoms with Gasteiger partial charge in [-0.15, -0.1) is 6.58 Å². The van der Waals surface area contributed by atoms with Crippen molar-refractivity contribution >= 4 is 0 Å². The van der Waals surface area contributed by atoms with Gasteiger partial charge in [0.25, 0.3) is 0 Å². The molecule has 0 radical (unpaired) electrons. The number of rotatable bonds is 5. The molecule has 0 amide bonds. The molecule has 0 aromatic heterocycles. The highest BCUT2D eigenvalue weighted by Crippen LogP contribution is 1.88. The second-order valence-corrected chi connectivity index (χ2v) is 2.82. The van der Waals surface area contributed by atoms with Gasteiger partial charge in [-0.25, -0.2) is 0 Å². The van der Waals surface area contributed by atoms with E-state index in [0.717, 1.165) is 19.5 Å². The first-order valence-electron chi connectivity index (χ1n) is 3.72. The van der Waals surface area contributed by atoms with Gasteiger partial charge in [-0.2, -0.15) is 0 Å². The SMILES string of the molecule is C=CCCN(C)C[C@H](C)N. The minimum absolute atomic E-state index is 0.273. The van der Waals surface area contributed by atoms with Crippen molar-refractivity contribution < 1.29 is 0 Å². The molecule has 0 aromatic carbocycles. The molecule has 0 saturated carbocycles. The average Bonchev–Trinajstić information content (AvgIpc) is 1.82. The second kappa shape index (κ2) is 5.45. The maximum atomic E-state index is 5.60. The van der Waals surface area contributed by atoms with Gasteiger partial charge in [0.05, 0.1) is 0 Å². The largest absolute Gasteiger partial charge is 0.327 e. The van der Waals surface area contributed by atoms with Gasteiger partial charge in [0.1, 0.15) is 0 Å². The Morgan fingerprint density at radius 1 is 1.70 bits per heavy atom. The molecule has 0 saturated heterocycles. The highest BCUT2D eigenvalue weighted by atomic mass is 15.1. The molecule has 0 aliphatic carbocycles. The van der Waals surface area contributed by atoms with Crippen LogP contribution in [0.25, 0.3) is 0 Å². The summed E-state index contributed by atoms with van der Waals surface area (Å²) >= 11 is 0. The zero-order chi connectivity index (χ0) is 7.98. The van der Waals surface area contributed by atoms with Gasteiger partial charge in [-0.05, 0) is 20.4 Å². The van der Waals surface area contributed by atoms with Crippen LogP contribution in [-0.2, 0) is 0 Å². The van der Waals surface area contributed by atoms with E-state index in [9.17, 15) is 0 Å². The lowest BCUT2D eigenvalue weighted by atomic mass is 10.3. The van der Waals surface area contributed by atoms with Crippen LogP contribution in [0.15, 0.2) is 12.7 Å². The molecule has 0 rings (SSSR count). The zero-order valence-corrected chi connectivity index (χ0v) is 7.01. The van der Waals surface area contributed by atoms with Crippen molar-refractivity contribution in [1.82, 2.24) is 4.90 Å². The van der Waals surface area contributed by atoms with Gasteiger partial charge in [0.15, 0.2) is 0 Å². The van der Waals surface area contributed by atoms with Gasteiger partial charge in [-0.1, -0.05) is 6.08 Å². The first-order valence-corrected chi connectivity index (χ1v) is 3.72. The summed E-state index contributed by atoms with van der Waals surface area (Å²) in [6, 6.07) is 0.273. The molecule has 2 N–H and O–H groups in total. The lowest BCUT2D eigenvalue weighted by Gasteiger charge is -2.17. The average molecular weight is 142 g/mol. The van der Waals surface area contributed by atoms with Crippen LogP contribution in [0, 0.1) is 0 Å². The lowest BCUT2D eigenvalue weighted by molar-refractivity contribution is 0.323. The number of nitrogens with two attached hydrogens (primary N) is 1. The fraction of sp³-hybridized carbons (Fsp3) is 0.750. The third-order valence-corrected chi connectivity index (χ3v) is 1.31. The minimum atomic E-state index is 0.273. The monoisotopic (exact) mass is 142 g/mol. The first-order chi connectivity index (χ1) is 4.66. The maximum Gasteiger partial charge on any atom is 0.0139 e. The van der Waals surface area contributed by atoms with E-state index in [1.54, 1.807) is 0 Å². The van der Waals surface area contributed by atoms with E-state index >= 15 is 0 Å². The Hall–Kier alpha value is -0.340. The summed E-state index contributed by atoms with van der Waals surface area (Å²) in [6.45, 7) is 7.70. The van der Waals surface area contributed by atoms with Crippen LogP contribution in [0.5, 0.6) is 0 Å². The molecular formula is C8H18N2. The van der Waals surface area contributed by atoms with Crippen molar-refractivity contribution in [2.75, 3.05) is 20.1 Å². The highest BCUT2D eigenvalue weighted by Gasteiger charge is 1.98. The highest BCUT2D eigenvalue weighted by molar-refractivity contribution is 4.69. The van der Waals surface area contributed by atoms with Crippen molar-refractivity contribution in [2.45, 2.75) is 19.4 Å². The molecule has 0 aliphatic heterocycles. The quantitative estimate of drug-likeness (QED) is 0.576. The molecule has 0 spiro atoms. The summed E-state index contributed by atoms with van der Waals surface area (Å²) in [6.07, 6.45) is 2.97. The molecule has 1 atom stereocenters. The summed E-state index contributed by atoms with van der Waals surface area (Å²) < 4.78 is 0.